The van der Waals surface area contributed by atoms with Gasteiger partial charge in [-0.1, -0.05) is 35.0 Å². The number of anilines is 3. The van der Waals surface area contributed by atoms with Gasteiger partial charge in [-0.25, -0.2) is 0 Å². The van der Waals surface area contributed by atoms with Crippen LogP contribution in [0.4, 0.5) is 17.6 Å². The van der Waals surface area contributed by atoms with Gasteiger partial charge >= 0.3 is 0 Å². The molecule has 0 bridgehead atoms. The predicted molar refractivity (Wildman–Crippen MR) is 89.1 cm³/mol. The largest absolute Gasteiger partial charge is 0.368 e. The fourth-order valence-corrected chi connectivity index (χ4v) is 2.71. The van der Waals surface area contributed by atoms with Crippen LogP contribution in [-0.2, 0) is 4.79 Å². The Hall–Kier alpha value is -1.77. The third kappa shape index (κ3) is 4.36. The van der Waals surface area contributed by atoms with Crippen LogP contribution in [0.15, 0.2) is 23.4 Å². The Morgan fingerprint density at radius 2 is 1.86 bits per heavy atom. The van der Waals surface area contributed by atoms with Crippen LogP contribution in [0.2, 0.25) is 10.0 Å². The Bertz CT molecular complexity index is 694. The van der Waals surface area contributed by atoms with Gasteiger partial charge in [-0.05, 0) is 25.1 Å². The Morgan fingerprint density at radius 1 is 1.23 bits per heavy atom. The summed E-state index contributed by atoms with van der Waals surface area (Å²) < 4.78 is 0. The molecule has 10 heteroatoms. The van der Waals surface area contributed by atoms with Crippen molar-refractivity contribution >= 4 is 58.5 Å². The molecule has 0 spiro atoms. The van der Waals surface area contributed by atoms with E-state index < -0.39 is 5.25 Å². The quantitative estimate of drug-likeness (QED) is 0.717. The van der Waals surface area contributed by atoms with E-state index >= 15 is 0 Å². The van der Waals surface area contributed by atoms with Gasteiger partial charge in [0.05, 0.1) is 16.0 Å². The lowest BCUT2D eigenvalue weighted by molar-refractivity contribution is -0.115. The number of aromatic nitrogens is 3. The van der Waals surface area contributed by atoms with Crippen LogP contribution in [0, 0.1) is 0 Å². The van der Waals surface area contributed by atoms with Gasteiger partial charge in [0.1, 0.15) is 0 Å². The highest BCUT2D eigenvalue weighted by Gasteiger charge is 2.18. The molecule has 0 saturated heterocycles. The summed E-state index contributed by atoms with van der Waals surface area (Å²) in [5.74, 6) is -0.265. The average Bonchev–Trinajstić information content (AvgIpc) is 2.40. The molecule has 0 fully saturated rings. The Morgan fingerprint density at radius 3 is 2.45 bits per heavy atom. The van der Waals surface area contributed by atoms with Crippen LogP contribution in [0.5, 0.6) is 0 Å². The molecule has 1 heterocycles. The summed E-state index contributed by atoms with van der Waals surface area (Å²) in [6, 6.07) is 4.80. The first-order chi connectivity index (χ1) is 10.3. The minimum absolute atomic E-state index is 0.00311. The molecule has 1 aromatic carbocycles. The van der Waals surface area contributed by atoms with E-state index in [0.717, 1.165) is 11.8 Å². The van der Waals surface area contributed by atoms with E-state index in [0.29, 0.717) is 15.7 Å². The fourth-order valence-electron chi connectivity index (χ4n) is 1.48. The van der Waals surface area contributed by atoms with E-state index in [2.05, 4.69) is 20.3 Å². The number of halogens is 2. The molecule has 1 unspecified atom stereocenters. The molecule has 0 aliphatic heterocycles. The molecule has 0 aliphatic carbocycles. The minimum Gasteiger partial charge on any atom is -0.368 e. The van der Waals surface area contributed by atoms with E-state index in [-0.39, 0.29) is 23.0 Å². The zero-order chi connectivity index (χ0) is 16.3. The highest BCUT2D eigenvalue weighted by Crippen LogP contribution is 2.27. The number of carbonyl (C=O) groups excluding carboxylic acids is 1. The number of carbonyl (C=O) groups is 1. The van der Waals surface area contributed by atoms with Crippen molar-refractivity contribution in [3.05, 3.63) is 28.2 Å². The summed E-state index contributed by atoms with van der Waals surface area (Å²) in [7, 11) is 0. The lowest BCUT2D eigenvalue weighted by atomic mass is 10.3. The van der Waals surface area contributed by atoms with Gasteiger partial charge in [-0.3, -0.25) is 4.79 Å². The Labute approximate surface area is 140 Å². The molecule has 0 aliphatic rings. The molecule has 1 atom stereocenters. The maximum Gasteiger partial charge on any atom is 0.237 e. The lowest BCUT2D eigenvalue weighted by Crippen LogP contribution is -2.23. The SMILES string of the molecule is CC(Sc1nc(N)nc(N)n1)C(=O)Nc1ccc(Cl)cc1Cl. The monoisotopic (exact) mass is 358 g/mol. The Balaban J connectivity index is 2.05. The van der Waals surface area contributed by atoms with Crippen molar-refractivity contribution in [1.29, 1.82) is 0 Å². The smallest absolute Gasteiger partial charge is 0.237 e. The van der Waals surface area contributed by atoms with Crippen LogP contribution >= 0.6 is 35.0 Å². The third-order valence-corrected chi connectivity index (χ3v) is 4.00. The molecule has 1 aromatic heterocycles. The van der Waals surface area contributed by atoms with Crippen molar-refractivity contribution < 1.29 is 4.79 Å². The molecule has 7 nitrogen and oxygen atoms in total. The van der Waals surface area contributed by atoms with Crippen LogP contribution in [0.25, 0.3) is 0 Å². The number of hydrogen-bond donors (Lipinski definition) is 3. The molecule has 22 heavy (non-hydrogen) atoms. The van der Waals surface area contributed by atoms with Crippen LogP contribution in [0.3, 0.4) is 0 Å². The van der Waals surface area contributed by atoms with Crippen molar-refractivity contribution in [2.24, 2.45) is 0 Å². The van der Waals surface area contributed by atoms with Crippen molar-refractivity contribution in [2.45, 2.75) is 17.3 Å². The average molecular weight is 359 g/mol. The molecule has 2 aromatic rings. The molecule has 0 radical (unpaired) electrons. The number of amides is 1. The number of nitrogens with one attached hydrogen (secondary N) is 1. The highest BCUT2D eigenvalue weighted by molar-refractivity contribution is 8.00. The molecule has 2 rings (SSSR count). The second-order valence-corrected chi connectivity index (χ2v) is 6.36. The molecule has 1 amide bonds. The first kappa shape index (κ1) is 16.6. The van der Waals surface area contributed by atoms with E-state index in [1.165, 1.54) is 0 Å². The highest BCUT2D eigenvalue weighted by atomic mass is 35.5. The second-order valence-electron chi connectivity index (χ2n) is 4.21. The van der Waals surface area contributed by atoms with Gasteiger partial charge in [0.2, 0.25) is 17.8 Å². The predicted octanol–water partition coefficient (Wildman–Crippen LogP) is 2.46. The summed E-state index contributed by atoms with van der Waals surface area (Å²) in [6.07, 6.45) is 0. The number of nitrogens with two attached hydrogens (primary N) is 2. The maximum absolute atomic E-state index is 12.2. The third-order valence-electron chi connectivity index (χ3n) is 2.49. The van der Waals surface area contributed by atoms with Crippen molar-refractivity contribution in [3.8, 4) is 0 Å². The topological polar surface area (TPSA) is 120 Å². The van der Waals surface area contributed by atoms with Crippen LogP contribution < -0.4 is 16.8 Å². The number of benzene rings is 1. The molecular formula is C12H12Cl2N6OS. The number of nitrogens with zero attached hydrogens (tertiary/aromatic N) is 3. The zero-order valence-electron chi connectivity index (χ0n) is 11.4. The van der Waals surface area contributed by atoms with Crippen LogP contribution in [0.1, 0.15) is 6.92 Å². The van der Waals surface area contributed by atoms with Gasteiger partial charge in [0.25, 0.3) is 0 Å². The minimum atomic E-state index is -0.493. The first-order valence-corrected chi connectivity index (χ1v) is 7.68. The molecule has 0 saturated carbocycles. The molecule has 5 N–H and O–H groups in total. The normalized spacial score (nSPS) is 12.0. The van der Waals surface area contributed by atoms with E-state index in [4.69, 9.17) is 34.7 Å². The van der Waals surface area contributed by atoms with Gasteiger partial charge < -0.3 is 16.8 Å². The summed E-state index contributed by atoms with van der Waals surface area (Å²) >= 11 is 12.9. The number of nitrogen functional groups attached to an aromatic ring is 2. The summed E-state index contributed by atoms with van der Waals surface area (Å²) in [5.41, 5.74) is 11.4. The lowest BCUT2D eigenvalue weighted by Gasteiger charge is -2.12. The fraction of sp³-hybridized carbons (Fsp3) is 0.167. The molecular weight excluding hydrogens is 347 g/mol. The molecule has 116 valence electrons. The second kappa shape index (κ2) is 6.99. The van der Waals surface area contributed by atoms with Crippen LogP contribution in [-0.4, -0.2) is 26.1 Å². The number of hydrogen-bond acceptors (Lipinski definition) is 7. The van der Waals surface area contributed by atoms with Gasteiger partial charge in [-0.15, -0.1) is 0 Å². The van der Waals surface area contributed by atoms with Gasteiger partial charge in [-0.2, -0.15) is 15.0 Å². The maximum atomic E-state index is 12.2. The Kier molecular flexibility index (Phi) is 5.28. The van der Waals surface area contributed by atoms with E-state index in [1.54, 1.807) is 25.1 Å². The van der Waals surface area contributed by atoms with E-state index in [9.17, 15) is 4.79 Å². The van der Waals surface area contributed by atoms with Gasteiger partial charge in [0.15, 0.2) is 5.16 Å². The number of thioether (sulfide) groups is 1. The number of rotatable bonds is 4. The zero-order valence-corrected chi connectivity index (χ0v) is 13.7. The van der Waals surface area contributed by atoms with Crippen molar-refractivity contribution in [2.75, 3.05) is 16.8 Å². The van der Waals surface area contributed by atoms with Crippen molar-refractivity contribution in [1.82, 2.24) is 15.0 Å². The first-order valence-electron chi connectivity index (χ1n) is 6.04. The van der Waals surface area contributed by atoms with E-state index in [1.807, 2.05) is 0 Å². The summed E-state index contributed by atoms with van der Waals surface area (Å²) in [5, 5.41) is 3.32. The summed E-state index contributed by atoms with van der Waals surface area (Å²) in [6.45, 7) is 1.69. The standard InChI is InChI=1S/C12H12Cl2N6OS/c1-5(22-12-19-10(15)18-11(16)20-12)9(21)17-8-3-2-6(13)4-7(8)14/h2-5H,1H3,(H,17,21)(H4,15,16,18,19,20). The summed E-state index contributed by atoms with van der Waals surface area (Å²) in [4.78, 5) is 23.6. The van der Waals surface area contributed by atoms with Gasteiger partial charge in [0, 0.05) is 5.02 Å². The van der Waals surface area contributed by atoms with Crippen molar-refractivity contribution in [3.63, 3.8) is 0 Å².